The van der Waals surface area contributed by atoms with Gasteiger partial charge in [0.1, 0.15) is 0 Å². The average Bonchev–Trinajstić information content (AvgIpc) is 2.41. The molecule has 1 heterocycles. The summed E-state index contributed by atoms with van der Waals surface area (Å²) >= 11 is 1.27. The van der Waals surface area contributed by atoms with Crippen molar-refractivity contribution >= 4 is 17.7 Å². The van der Waals surface area contributed by atoms with Crippen molar-refractivity contribution in [1.29, 1.82) is 0 Å². The van der Waals surface area contributed by atoms with Crippen LogP contribution in [0, 0.1) is 0 Å². The van der Waals surface area contributed by atoms with Crippen LogP contribution in [0.5, 0.6) is 0 Å². The molecule has 0 saturated carbocycles. The van der Waals surface area contributed by atoms with Crippen LogP contribution in [0.2, 0.25) is 0 Å². The SMILES string of the molecule is CCCCCNC(=O)CSc1nc(CCC)cc(=O)[nH]1. The fourth-order valence-corrected chi connectivity index (χ4v) is 2.45. The van der Waals surface area contributed by atoms with Gasteiger partial charge in [-0.3, -0.25) is 9.59 Å². The molecule has 0 saturated heterocycles. The third-order valence-electron chi connectivity index (χ3n) is 2.72. The summed E-state index contributed by atoms with van der Waals surface area (Å²) in [6, 6.07) is 1.51. The van der Waals surface area contributed by atoms with Gasteiger partial charge in [0.25, 0.3) is 5.56 Å². The summed E-state index contributed by atoms with van der Waals surface area (Å²) in [7, 11) is 0. The zero-order chi connectivity index (χ0) is 14.8. The van der Waals surface area contributed by atoms with Crippen molar-refractivity contribution in [2.24, 2.45) is 0 Å². The van der Waals surface area contributed by atoms with E-state index in [1.54, 1.807) is 0 Å². The van der Waals surface area contributed by atoms with E-state index in [1.807, 2.05) is 6.92 Å². The number of H-pyrrole nitrogens is 1. The first-order valence-electron chi connectivity index (χ1n) is 7.15. The molecule has 0 aromatic carbocycles. The maximum atomic E-state index is 11.6. The second-order valence-corrected chi connectivity index (χ2v) is 5.60. The molecule has 5 nitrogen and oxygen atoms in total. The largest absolute Gasteiger partial charge is 0.355 e. The number of unbranched alkanes of at least 4 members (excludes halogenated alkanes) is 2. The summed E-state index contributed by atoms with van der Waals surface area (Å²) in [5.74, 6) is 0.264. The monoisotopic (exact) mass is 297 g/mol. The molecular formula is C14H23N3O2S. The normalized spacial score (nSPS) is 10.5. The molecule has 0 fully saturated rings. The number of carbonyl (C=O) groups is 1. The van der Waals surface area contributed by atoms with Gasteiger partial charge in [-0.05, 0) is 12.8 Å². The molecule has 0 aliphatic rings. The summed E-state index contributed by atoms with van der Waals surface area (Å²) in [4.78, 5) is 30.1. The summed E-state index contributed by atoms with van der Waals surface area (Å²) in [6.07, 6.45) is 4.99. The van der Waals surface area contributed by atoms with Gasteiger partial charge in [0.2, 0.25) is 5.91 Å². The van der Waals surface area contributed by atoms with Gasteiger partial charge in [-0.25, -0.2) is 4.98 Å². The minimum absolute atomic E-state index is 0.0188. The lowest BCUT2D eigenvalue weighted by Gasteiger charge is -2.05. The van der Waals surface area contributed by atoms with Crippen molar-refractivity contribution in [2.75, 3.05) is 12.3 Å². The molecule has 1 aromatic rings. The van der Waals surface area contributed by atoms with Crippen LogP contribution >= 0.6 is 11.8 Å². The number of nitrogens with one attached hydrogen (secondary N) is 2. The molecule has 20 heavy (non-hydrogen) atoms. The lowest BCUT2D eigenvalue weighted by atomic mass is 10.2. The quantitative estimate of drug-likeness (QED) is 0.416. The van der Waals surface area contributed by atoms with E-state index in [2.05, 4.69) is 22.2 Å². The van der Waals surface area contributed by atoms with Crippen molar-refractivity contribution < 1.29 is 4.79 Å². The van der Waals surface area contributed by atoms with E-state index in [4.69, 9.17) is 0 Å². The van der Waals surface area contributed by atoms with E-state index in [-0.39, 0.29) is 17.2 Å². The van der Waals surface area contributed by atoms with Crippen LogP contribution in [0.1, 0.15) is 45.2 Å². The minimum Gasteiger partial charge on any atom is -0.355 e. The number of rotatable bonds is 9. The van der Waals surface area contributed by atoms with Crippen molar-refractivity contribution in [3.8, 4) is 0 Å². The van der Waals surface area contributed by atoms with E-state index in [0.29, 0.717) is 11.7 Å². The Labute approximate surface area is 124 Å². The number of hydrogen-bond acceptors (Lipinski definition) is 4. The highest BCUT2D eigenvalue weighted by molar-refractivity contribution is 7.99. The van der Waals surface area contributed by atoms with Crippen LogP contribution < -0.4 is 10.9 Å². The van der Waals surface area contributed by atoms with E-state index in [0.717, 1.165) is 37.8 Å². The Morgan fingerprint density at radius 2 is 2.15 bits per heavy atom. The molecule has 0 aliphatic carbocycles. The smallest absolute Gasteiger partial charge is 0.251 e. The van der Waals surface area contributed by atoms with E-state index >= 15 is 0 Å². The number of hydrogen-bond donors (Lipinski definition) is 2. The Hall–Kier alpha value is -1.30. The number of amides is 1. The van der Waals surface area contributed by atoms with Crippen LogP contribution in [0.3, 0.4) is 0 Å². The Bertz CT molecular complexity index is 474. The van der Waals surface area contributed by atoms with Gasteiger partial charge in [-0.15, -0.1) is 0 Å². The number of thioether (sulfide) groups is 1. The molecule has 1 amide bonds. The second kappa shape index (κ2) is 9.58. The van der Waals surface area contributed by atoms with Gasteiger partial charge >= 0.3 is 0 Å². The lowest BCUT2D eigenvalue weighted by Crippen LogP contribution is -2.26. The van der Waals surface area contributed by atoms with Gasteiger partial charge < -0.3 is 10.3 Å². The first-order valence-corrected chi connectivity index (χ1v) is 8.14. The zero-order valence-corrected chi connectivity index (χ0v) is 13.0. The molecule has 2 N–H and O–H groups in total. The maximum absolute atomic E-state index is 11.6. The average molecular weight is 297 g/mol. The third kappa shape index (κ3) is 6.75. The Morgan fingerprint density at radius 1 is 1.35 bits per heavy atom. The third-order valence-corrected chi connectivity index (χ3v) is 3.59. The maximum Gasteiger partial charge on any atom is 0.251 e. The van der Waals surface area contributed by atoms with Crippen molar-refractivity contribution in [3.05, 3.63) is 22.1 Å². The molecule has 0 spiro atoms. The van der Waals surface area contributed by atoms with E-state index in [1.165, 1.54) is 17.8 Å². The molecule has 0 unspecified atom stereocenters. The van der Waals surface area contributed by atoms with Gasteiger partial charge in [-0.2, -0.15) is 0 Å². The predicted molar refractivity (Wildman–Crippen MR) is 82.1 cm³/mol. The first-order chi connectivity index (χ1) is 9.65. The highest BCUT2D eigenvalue weighted by Crippen LogP contribution is 2.11. The van der Waals surface area contributed by atoms with Crippen molar-refractivity contribution in [3.63, 3.8) is 0 Å². The molecule has 0 atom stereocenters. The predicted octanol–water partition coefficient (Wildman–Crippen LogP) is 2.12. The number of aromatic nitrogens is 2. The molecule has 0 aliphatic heterocycles. The fraction of sp³-hybridized carbons (Fsp3) is 0.643. The number of carbonyl (C=O) groups excluding carboxylic acids is 1. The fourth-order valence-electron chi connectivity index (χ4n) is 1.72. The summed E-state index contributed by atoms with van der Waals surface area (Å²) < 4.78 is 0. The summed E-state index contributed by atoms with van der Waals surface area (Å²) in [5, 5.41) is 3.38. The molecular weight excluding hydrogens is 274 g/mol. The molecule has 0 bridgehead atoms. The van der Waals surface area contributed by atoms with Gasteiger partial charge in [0, 0.05) is 18.3 Å². The Balaban J connectivity index is 2.40. The van der Waals surface area contributed by atoms with E-state index in [9.17, 15) is 9.59 Å². The zero-order valence-electron chi connectivity index (χ0n) is 12.2. The van der Waals surface area contributed by atoms with Gasteiger partial charge in [-0.1, -0.05) is 44.9 Å². The second-order valence-electron chi connectivity index (χ2n) is 4.64. The van der Waals surface area contributed by atoms with Crippen LogP contribution in [0.15, 0.2) is 16.0 Å². The Morgan fingerprint density at radius 3 is 2.85 bits per heavy atom. The minimum atomic E-state index is -0.158. The number of aryl methyl sites for hydroxylation is 1. The molecule has 6 heteroatoms. The van der Waals surface area contributed by atoms with Crippen LogP contribution in [-0.2, 0) is 11.2 Å². The topological polar surface area (TPSA) is 74.8 Å². The molecule has 0 radical (unpaired) electrons. The molecule has 1 rings (SSSR count). The standard InChI is InChI=1S/C14H23N3O2S/c1-3-5-6-8-15-13(19)10-20-14-16-11(7-4-2)9-12(18)17-14/h9H,3-8,10H2,1-2H3,(H,15,19)(H,16,17,18). The van der Waals surface area contributed by atoms with Gasteiger partial charge in [0.05, 0.1) is 5.75 Å². The number of aromatic amines is 1. The summed E-state index contributed by atoms with van der Waals surface area (Å²) in [5.41, 5.74) is 0.622. The highest BCUT2D eigenvalue weighted by Gasteiger charge is 2.05. The lowest BCUT2D eigenvalue weighted by molar-refractivity contribution is -0.118. The molecule has 1 aromatic heterocycles. The summed E-state index contributed by atoms with van der Waals surface area (Å²) in [6.45, 7) is 4.88. The van der Waals surface area contributed by atoms with Crippen molar-refractivity contribution in [1.82, 2.24) is 15.3 Å². The van der Waals surface area contributed by atoms with Crippen LogP contribution in [-0.4, -0.2) is 28.2 Å². The molecule has 112 valence electrons. The first kappa shape index (κ1) is 16.8. The van der Waals surface area contributed by atoms with Crippen LogP contribution in [0.25, 0.3) is 0 Å². The van der Waals surface area contributed by atoms with Crippen LogP contribution in [0.4, 0.5) is 0 Å². The number of nitrogens with zero attached hydrogens (tertiary/aromatic N) is 1. The van der Waals surface area contributed by atoms with Crippen molar-refractivity contribution in [2.45, 2.75) is 51.1 Å². The van der Waals surface area contributed by atoms with E-state index < -0.39 is 0 Å². The highest BCUT2D eigenvalue weighted by atomic mass is 32.2. The Kier molecular flexibility index (Phi) is 8.02. The van der Waals surface area contributed by atoms with Gasteiger partial charge in [0.15, 0.2) is 5.16 Å².